The Labute approximate surface area is 169 Å². The van der Waals surface area contributed by atoms with E-state index >= 15 is 0 Å². The van der Waals surface area contributed by atoms with Crippen LogP contribution in [0.3, 0.4) is 0 Å². The number of aliphatic carboxylic acids is 1. The minimum absolute atomic E-state index is 0.112. The van der Waals surface area contributed by atoms with E-state index in [2.05, 4.69) is 31.2 Å². The number of carboxylic acid groups (broad SMARTS) is 1. The third-order valence-electron chi connectivity index (χ3n) is 6.03. The summed E-state index contributed by atoms with van der Waals surface area (Å²) in [5.41, 5.74) is 2.40. The zero-order valence-corrected chi connectivity index (χ0v) is 17.2. The van der Waals surface area contributed by atoms with Gasteiger partial charge in [0.05, 0.1) is 6.10 Å². The number of rotatable bonds is 13. The molecule has 1 aromatic carbocycles. The van der Waals surface area contributed by atoms with Crippen LogP contribution >= 0.6 is 0 Å². The summed E-state index contributed by atoms with van der Waals surface area (Å²) in [6.45, 7) is 2.14. The van der Waals surface area contributed by atoms with Crippen molar-refractivity contribution in [2.24, 2.45) is 5.92 Å². The minimum Gasteiger partial charge on any atom is -0.481 e. The molecular weight excluding hydrogens is 352 g/mol. The molecule has 0 saturated heterocycles. The van der Waals surface area contributed by atoms with Gasteiger partial charge in [-0.1, -0.05) is 63.3 Å². The van der Waals surface area contributed by atoms with Crippen molar-refractivity contribution >= 4 is 11.8 Å². The van der Waals surface area contributed by atoms with E-state index in [-0.39, 0.29) is 18.4 Å². The van der Waals surface area contributed by atoms with Gasteiger partial charge in [-0.05, 0) is 49.1 Å². The van der Waals surface area contributed by atoms with Crippen molar-refractivity contribution in [3.63, 3.8) is 0 Å². The molecule has 3 atom stereocenters. The number of benzene rings is 1. The van der Waals surface area contributed by atoms with Gasteiger partial charge in [-0.2, -0.15) is 0 Å². The average molecular weight is 389 g/mol. The third-order valence-corrected chi connectivity index (χ3v) is 6.03. The van der Waals surface area contributed by atoms with Crippen molar-refractivity contribution in [3.8, 4) is 0 Å². The summed E-state index contributed by atoms with van der Waals surface area (Å²) >= 11 is 0. The number of ketones is 1. The molecule has 0 aromatic heterocycles. The van der Waals surface area contributed by atoms with Crippen LogP contribution in [0.1, 0.15) is 94.6 Å². The zero-order valence-electron chi connectivity index (χ0n) is 17.2. The summed E-state index contributed by atoms with van der Waals surface area (Å²) in [6, 6.07) is 8.50. The molecule has 1 unspecified atom stereocenters. The molecule has 1 fully saturated rings. The Morgan fingerprint density at radius 2 is 1.82 bits per heavy atom. The number of unbranched alkanes of at least 4 members (excludes halogenated alkanes) is 4. The number of Topliss-reactive ketones (excluding diaryl/α,β-unsaturated/α-hetero) is 1. The normalized spacial score (nSPS) is 20.4. The number of carboxylic acids is 1. The van der Waals surface area contributed by atoms with E-state index in [1.54, 1.807) is 0 Å². The van der Waals surface area contributed by atoms with E-state index in [9.17, 15) is 14.7 Å². The maximum Gasteiger partial charge on any atom is 0.303 e. The highest BCUT2D eigenvalue weighted by Gasteiger charge is 2.34. The van der Waals surface area contributed by atoms with Gasteiger partial charge in [0.1, 0.15) is 5.78 Å². The van der Waals surface area contributed by atoms with Crippen LogP contribution in [0.25, 0.3) is 0 Å². The maximum absolute atomic E-state index is 12.4. The summed E-state index contributed by atoms with van der Waals surface area (Å²) in [5.74, 6) is 0.0769. The van der Waals surface area contributed by atoms with E-state index in [0.717, 1.165) is 63.4 Å². The number of aliphatic hydroxyl groups excluding tert-OH is 1. The van der Waals surface area contributed by atoms with E-state index < -0.39 is 5.97 Å². The predicted octanol–water partition coefficient (Wildman–Crippen LogP) is 5.27. The monoisotopic (exact) mass is 388 g/mol. The largest absolute Gasteiger partial charge is 0.481 e. The number of carbonyl (C=O) groups excluding carboxylic acids is 1. The Kier molecular flexibility index (Phi) is 9.69. The molecule has 0 bridgehead atoms. The highest BCUT2D eigenvalue weighted by Crippen LogP contribution is 2.40. The van der Waals surface area contributed by atoms with E-state index in [4.69, 9.17) is 5.11 Å². The fourth-order valence-electron chi connectivity index (χ4n) is 4.38. The Morgan fingerprint density at radius 1 is 1.11 bits per heavy atom. The topological polar surface area (TPSA) is 74.6 Å². The molecule has 1 aliphatic carbocycles. The number of hydrogen-bond acceptors (Lipinski definition) is 3. The van der Waals surface area contributed by atoms with Crippen LogP contribution in [0.15, 0.2) is 24.3 Å². The second-order valence-corrected chi connectivity index (χ2v) is 8.31. The molecule has 0 spiro atoms. The lowest BCUT2D eigenvalue weighted by atomic mass is 9.84. The quantitative estimate of drug-likeness (QED) is 0.452. The fraction of sp³-hybridized carbons (Fsp3) is 0.667. The van der Waals surface area contributed by atoms with Crippen molar-refractivity contribution in [2.45, 2.75) is 96.0 Å². The fourth-order valence-corrected chi connectivity index (χ4v) is 4.38. The Hall–Kier alpha value is -1.68. The number of hydrogen-bond donors (Lipinski definition) is 2. The zero-order chi connectivity index (χ0) is 20.4. The molecule has 1 aromatic rings. The first kappa shape index (κ1) is 22.6. The molecule has 4 nitrogen and oxygen atoms in total. The van der Waals surface area contributed by atoms with Crippen LogP contribution in [0.5, 0.6) is 0 Å². The van der Waals surface area contributed by atoms with Crippen LogP contribution in [0, 0.1) is 5.92 Å². The maximum atomic E-state index is 12.4. The molecule has 2 rings (SSSR count). The van der Waals surface area contributed by atoms with Gasteiger partial charge in [-0.25, -0.2) is 0 Å². The highest BCUT2D eigenvalue weighted by molar-refractivity contribution is 5.84. The average Bonchev–Trinajstić information content (AvgIpc) is 3.04. The Morgan fingerprint density at radius 3 is 2.50 bits per heavy atom. The SMILES string of the molecule is CCCCC(O)Cc1ccc([C@H]2CCC(=O)[C@@H]2CCCCCCC(=O)O)cc1. The molecule has 4 heteroatoms. The molecule has 0 amide bonds. The molecule has 0 heterocycles. The first-order valence-electron chi connectivity index (χ1n) is 11.0. The summed E-state index contributed by atoms with van der Waals surface area (Å²) in [4.78, 5) is 22.9. The minimum atomic E-state index is -0.729. The Balaban J connectivity index is 1.83. The lowest BCUT2D eigenvalue weighted by molar-refractivity contribution is -0.137. The van der Waals surface area contributed by atoms with Crippen LogP contribution in [-0.2, 0) is 16.0 Å². The first-order chi connectivity index (χ1) is 13.5. The lowest BCUT2D eigenvalue weighted by Gasteiger charge is -2.19. The van der Waals surface area contributed by atoms with Crippen molar-refractivity contribution in [1.82, 2.24) is 0 Å². The van der Waals surface area contributed by atoms with Crippen LogP contribution in [0.2, 0.25) is 0 Å². The molecule has 28 heavy (non-hydrogen) atoms. The van der Waals surface area contributed by atoms with Gasteiger partial charge in [0, 0.05) is 18.8 Å². The van der Waals surface area contributed by atoms with Gasteiger partial charge in [0.25, 0.3) is 0 Å². The van der Waals surface area contributed by atoms with Gasteiger partial charge >= 0.3 is 5.97 Å². The Bertz CT molecular complexity index is 608. The standard InChI is InChI=1S/C24H36O4/c1-2-3-8-20(25)17-18-11-13-19(14-12-18)21-15-16-23(26)22(21)9-6-4-5-7-10-24(27)28/h11-14,20-22,25H,2-10,15-17H2,1H3,(H,27,28)/t20?,21-,22-/m1/s1. The highest BCUT2D eigenvalue weighted by atomic mass is 16.4. The summed E-state index contributed by atoms with van der Waals surface area (Å²) in [6.07, 6.45) is 9.84. The third kappa shape index (κ3) is 7.38. The molecule has 1 saturated carbocycles. The second kappa shape index (κ2) is 12.0. The van der Waals surface area contributed by atoms with Crippen molar-refractivity contribution in [1.29, 1.82) is 0 Å². The second-order valence-electron chi connectivity index (χ2n) is 8.31. The molecule has 0 aliphatic heterocycles. The predicted molar refractivity (Wildman–Crippen MR) is 111 cm³/mol. The number of carbonyl (C=O) groups is 2. The van der Waals surface area contributed by atoms with Crippen molar-refractivity contribution in [2.75, 3.05) is 0 Å². The molecule has 1 aliphatic rings. The first-order valence-corrected chi connectivity index (χ1v) is 11.0. The summed E-state index contributed by atoms with van der Waals surface area (Å²) in [7, 11) is 0. The summed E-state index contributed by atoms with van der Waals surface area (Å²) < 4.78 is 0. The van der Waals surface area contributed by atoms with Crippen molar-refractivity contribution < 1.29 is 19.8 Å². The smallest absolute Gasteiger partial charge is 0.303 e. The molecule has 2 N–H and O–H groups in total. The van der Waals surface area contributed by atoms with Crippen LogP contribution < -0.4 is 0 Å². The number of aliphatic hydroxyl groups is 1. The molecule has 0 radical (unpaired) electrons. The van der Waals surface area contributed by atoms with E-state index in [1.807, 2.05) is 0 Å². The molecule has 156 valence electrons. The van der Waals surface area contributed by atoms with Gasteiger partial charge in [-0.15, -0.1) is 0 Å². The van der Waals surface area contributed by atoms with Crippen LogP contribution in [-0.4, -0.2) is 28.1 Å². The van der Waals surface area contributed by atoms with Gasteiger partial charge in [0.2, 0.25) is 0 Å². The van der Waals surface area contributed by atoms with Gasteiger partial charge in [0.15, 0.2) is 0 Å². The van der Waals surface area contributed by atoms with E-state index in [0.29, 0.717) is 24.5 Å². The molecular formula is C24H36O4. The lowest BCUT2D eigenvalue weighted by Crippen LogP contribution is -2.14. The van der Waals surface area contributed by atoms with E-state index in [1.165, 1.54) is 5.56 Å². The van der Waals surface area contributed by atoms with Gasteiger partial charge < -0.3 is 10.2 Å². The van der Waals surface area contributed by atoms with Crippen LogP contribution in [0.4, 0.5) is 0 Å². The van der Waals surface area contributed by atoms with Crippen molar-refractivity contribution in [3.05, 3.63) is 35.4 Å². The van der Waals surface area contributed by atoms with Gasteiger partial charge in [-0.3, -0.25) is 9.59 Å². The summed E-state index contributed by atoms with van der Waals surface area (Å²) in [5, 5.41) is 18.8.